The van der Waals surface area contributed by atoms with Crippen LogP contribution >= 0.6 is 0 Å². The molecule has 1 aliphatic carbocycles. The zero-order valence-corrected chi connectivity index (χ0v) is 17.9. The first-order chi connectivity index (χ1) is 14.4. The molecule has 2 amide bonds. The van der Waals surface area contributed by atoms with Gasteiger partial charge in [0.05, 0.1) is 5.60 Å². The van der Waals surface area contributed by atoms with Crippen molar-refractivity contribution in [2.75, 3.05) is 44.2 Å². The third-order valence-electron chi connectivity index (χ3n) is 6.96. The van der Waals surface area contributed by atoms with Crippen LogP contribution in [0, 0.1) is 5.41 Å². The van der Waals surface area contributed by atoms with Crippen molar-refractivity contribution in [3.8, 4) is 0 Å². The highest BCUT2D eigenvalue weighted by molar-refractivity contribution is 5.98. The quantitative estimate of drug-likeness (QED) is 0.703. The Kier molecular flexibility index (Phi) is 6.06. The molecule has 1 saturated carbocycles. The maximum absolute atomic E-state index is 12.6. The van der Waals surface area contributed by atoms with E-state index in [1.807, 2.05) is 6.07 Å². The van der Waals surface area contributed by atoms with Gasteiger partial charge in [-0.2, -0.15) is 0 Å². The number of piperidine rings is 1. The minimum Gasteiger partial charge on any atom is -0.389 e. The average molecular weight is 416 g/mol. The number of β-amino-alcohol motifs (C(OH)–C–C–N with tert-alkyl or cyclic N) is 1. The molecule has 164 valence electrons. The molecule has 1 unspecified atom stereocenters. The van der Waals surface area contributed by atoms with Crippen LogP contribution in [0.3, 0.4) is 0 Å². The van der Waals surface area contributed by atoms with Crippen molar-refractivity contribution in [3.63, 3.8) is 0 Å². The molecule has 1 aromatic heterocycles. The third kappa shape index (κ3) is 4.81. The van der Waals surface area contributed by atoms with Crippen molar-refractivity contribution in [2.45, 2.75) is 57.5 Å². The third-order valence-corrected chi connectivity index (χ3v) is 6.96. The molecule has 8 nitrogen and oxygen atoms in total. The first-order valence-corrected chi connectivity index (χ1v) is 11.2. The van der Waals surface area contributed by atoms with Crippen LogP contribution in [-0.4, -0.2) is 81.6 Å². The van der Waals surface area contributed by atoms with E-state index in [9.17, 15) is 14.7 Å². The van der Waals surface area contributed by atoms with Crippen LogP contribution in [0.15, 0.2) is 18.5 Å². The first-order valence-electron chi connectivity index (χ1n) is 11.2. The molecule has 0 radical (unpaired) electrons. The normalized spacial score (nSPS) is 24.5. The van der Waals surface area contributed by atoms with Gasteiger partial charge in [-0.25, -0.2) is 9.97 Å². The number of hydrogen-bond acceptors (Lipinski definition) is 7. The van der Waals surface area contributed by atoms with E-state index in [2.05, 4.69) is 19.8 Å². The number of nitrogens with zero attached hydrogens (tertiary/aromatic N) is 5. The lowest BCUT2D eigenvalue weighted by Crippen LogP contribution is -2.53. The lowest BCUT2D eigenvalue weighted by Gasteiger charge is -2.40. The topological polar surface area (TPSA) is 89.9 Å². The lowest BCUT2D eigenvalue weighted by atomic mass is 9.76. The van der Waals surface area contributed by atoms with Gasteiger partial charge in [0.25, 0.3) is 0 Å². The smallest absolute Gasteiger partial charge is 0.229 e. The summed E-state index contributed by atoms with van der Waals surface area (Å²) in [5.74, 6) is 0.631. The number of amides is 2. The number of anilines is 1. The van der Waals surface area contributed by atoms with Crippen LogP contribution in [0.4, 0.5) is 5.95 Å². The Morgan fingerprint density at radius 2 is 1.63 bits per heavy atom. The van der Waals surface area contributed by atoms with E-state index in [1.54, 1.807) is 19.3 Å². The Hall–Kier alpha value is -2.06. The van der Waals surface area contributed by atoms with Gasteiger partial charge in [-0.05, 0) is 37.7 Å². The Labute approximate surface area is 178 Å². The molecule has 3 heterocycles. The molecule has 3 aliphatic rings. The van der Waals surface area contributed by atoms with Gasteiger partial charge in [0, 0.05) is 64.5 Å². The molecule has 1 atom stereocenters. The Morgan fingerprint density at radius 1 is 1.03 bits per heavy atom. The Bertz CT molecular complexity index is 735. The maximum Gasteiger partial charge on any atom is 0.229 e. The number of aromatic nitrogens is 2. The van der Waals surface area contributed by atoms with E-state index in [-0.39, 0.29) is 17.2 Å². The van der Waals surface area contributed by atoms with Gasteiger partial charge in [-0.15, -0.1) is 0 Å². The summed E-state index contributed by atoms with van der Waals surface area (Å²) in [5, 5.41) is 10.9. The van der Waals surface area contributed by atoms with Crippen molar-refractivity contribution in [3.05, 3.63) is 18.5 Å². The standard InChI is InChI=1S/C22H33N5O3/c1-21(30,17-25-11-13-26(14-12-25)20-23-8-4-9-24-20)7-10-27-18(28)15-22(16-19(27)29)5-2-3-6-22/h4,8-9,30H,2-3,5-7,10-17H2,1H3. The average Bonchev–Trinajstić information content (AvgIpc) is 3.15. The van der Waals surface area contributed by atoms with Gasteiger partial charge in [-0.1, -0.05) is 12.8 Å². The van der Waals surface area contributed by atoms with Crippen molar-refractivity contribution in [1.82, 2.24) is 19.8 Å². The number of piperazine rings is 1. The molecule has 2 aliphatic heterocycles. The predicted molar refractivity (Wildman–Crippen MR) is 113 cm³/mol. The minimum absolute atomic E-state index is 0.0552. The van der Waals surface area contributed by atoms with Gasteiger partial charge in [0.15, 0.2) is 0 Å². The Balaban J connectivity index is 1.25. The van der Waals surface area contributed by atoms with Gasteiger partial charge < -0.3 is 10.0 Å². The molecule has 30 heavy (non-hydrogen) atoms. The van der Waals surface area contributed by atoms with E-state index < -0.39 is 5.60 Å². The van der Waals surface area contributed by atoms with Crippen molar-refractivity contribution in [2.24, 2.45) is 5.41 Å². The molecule has 8 heteroatoms. The highest BCUT2D eigenvalue weighted by atomic mass is 16.3. The van der Waals surface area contributed by atoms with Crippen LogP contribution in [0.25, 0.3) is 0 Å². The lowest BCUT2D eigenvalue weighted by molar-refractivity contribution is -0.154. The van der Waals surface area contributed by atoms with E-state index in [1.165, 1.54) is 4.90 Å². The molecular weight excluding hydrogens is 382 g/mol. The predicted octanol–water partition coefficient (Wildman–Crippen LogP) is 1.45. The van der Waals surface area contributed by atoms with Crippen molar-refractivity contribution >= 4 is 17.8 Å². The highest BCUT2D eigenvalue weighted by Gasteiger charge is 2.45. The summed E-state index contributed by atoms with van der Waals surface area (Å²) in [7, 11) is 0. The number of likely N-dealkylation sites (tertiary alicyclic amines) is 1. The molecule has 0 aromatic carbocycles. The Morgan fingerprint density at radius 3 is 2.23 bits per heavy atom. The second kappa shape index (κ2) is 8.59. The zero-order valence-electron chi connectivity index (χ0n) is 17.9. The second-order valence-corrected chi connectivity index (χ2v) is 9.56. The number of aliphatic hydroxyl groups is 1. The number of carbonyl (C=O) groups is 2. The first kappa shape index (κ1) is 21.2. The molecule has 1 N–H and O–H groups in total. The molecule has 1 spiro atoms. The van der Waals surface area contributed by atoms with Crippen LogP contribution in [-0.2, 0) is 9.59 Å². The highest BCUT2D eigenvalue weighted by Crippen LogP contribution is 2.46. The van der Waals surface area contributed by atoms with Crippen LogP contribution < -0.4 is 4.90 Å². The van der Waals surface area contributed by atoms with E-state index in [0.29, 0.717) is 32.4 Å². The summed E-state index contributed by atoms with van der Waals surface area (Å²) < 4.78 is 0. The van der Waals surface area contributed by atoms with Crippen LogP contribution in [0.1, 0.15) is 51.9 Å². The largest absolute Gasteiger partial charge is 0.389 e. The summed E-state index contributed by atoms with van der Waals surface area (Å²) >= 11 is 0. The fraction of sp³-hybridized carbons (Fsp3) is 0.727. The van der Waals surface area contributed by atoms with Crippen molar-refractivity contribution in [1.29, 1.82) is 0 Å². The fourth-order valence-electron chi connectivity index (χ4n) is 5.24. The van der Waals surface area contributed by atoms with E-state index in [4.69, 9.17) is 0 Å². The number of rotatable bonds is 6. The zero-order chi connectivity index (χ0) is 21.2. The molecule has 4 rings (SSSR count). The summed E-state index contributed by atoms with van der Waals surface area (Å²) in [6, 6.07) is 1.81. The second-order valence-electron chi connectivity index (χ2n) is 9.56. The number of imide groups is 1. The van der Waals surface area contributed by atoms with Gasteiger partial charge in [-0.3, -0.25) is 19.4 Å². The molecule has 3 fully saturated rings. The van der Waals surface area contributed by atoms with Gasteiger partial charge in [0.1, 0.15) is 0 Å². The molecule has 1 aromatic rings. The van der Waals surface area contributed by atoms with E-state index >= 15 is 0 Å². The minimum atomic E-state index is -0.950. The SMILES string of the molecule is CC(O)(CCN1C(=O)CC2(CCCC2)CC1=O)CN1CCN(c2ncccn2)CC1. The monoisotopic (exact) mass is 415 g/mol. The molecule has 0 bridgehead atoms. The maximum atomic E-state index is 12.6. The fourth-order valence-corrected chi connectivity index (χ4v) is 5.24. The molecular formula is C22H33N5O3. The van der Waals surface area contributed by atoms with Crippen molar-refractivity contribution < 1.29 is 14.7 Å². The summed E-state index contributed by atoms with van der Waals surface area (Å²) in [5.41, 5.74) is -1.02. The summed E-state index contributed by atoms with van der Waals surface area (Å²) in [4.78, 5) is 39.6. The molecule has 2 saturated heterocycles. The van der Waals surface area contributed by atoms with Gasteiger partial charge >= 0.3 is 0 Å². The van der Waals surface area contributed by atoms with Crippen LogP contribution in [0.5, 0.6) is 0 Å². The van der Waals surface area contributed by atoms with Gasteiger partial charge in [0.2, 0.25) is 17.8 Å². The number of hydrogen-bond donors (Lipinski definition) is 1. The summed E-state index contributed by atoms with van der Waals surface area (Å²) in [6.07, 6.45) is 9.12. The number of carbonyl (C=O) groups excluding carboxylic acids is 2. The summed E-state index contributed by atoms with van der Waals surface area (Å²) in [6.45, 7) is 5.89. The van der Waals surface area contributed by atoms with Crippen LogP contribution in [0.2, 0.25) is 0 Å². The van der Waals surface area contributed by atoms with E-state index in [0.717, 1.165) is 57.8 Å².